The molecule has 0 aliphatic heterocycles. The van der Waals surface area contributed by atoms with Crippen LogP contribution in [0.2, 0.25) is 0 Å². The van der Waals surface area contributed by atoms with Gasteiger partial charge in [-0.1, -0.05) is 24.3 Å². The van der Waals surface area contributed by atoms with E-state index in [1.165, 1.54) is 5.69 Å². The quantitative estimate of drug-likeness (QED) is 0.0748. The lowest BCUT2D eigenvalue weighted by molar-refractivity contribution is -0.111. The number of nitrogens with zero attached hydrogens (tertiary/aromatic N) is 2. The van der Waals surface area contributed by atoms with Crippen molar-refractivity contribution in [2.45, 2.75) is 26.7 Å². The van der Waals surface area contributed by atoms with Gasteiger partial charge in [0.05, 0.1) is 92.5 Å². The minimum Gasteiger partial charge on any atom is -0.382 e. The number of benzene rings is 2. The van der Waals surface area contributed by atoms with Crippen molar-refractivity contribution >= 4 is 29.3 Å². The maximum absolute atomic E-state index is 13.3. The molecule has 0 saturated heterocycles. The van der Waals surface area contributed by atoms with Crippen LogP contribution in [0.4, 0.5) is 11.4 Å². The van der Waals surface area contributed by atoms with Gasteiger partial charge in [-0.15, -0.1) is 0 Å². The van der Waals surface area contributed by atoms with E-state index in [9.17, 15) is 4.79 Å². The lowest BCUT2D eigenvalue weighted by Crippen LogP contribution is -2.31. The number of anilines is 2. The van der Waals surface area contributed by atoms with Crippen LogP contribution in [0.5, 0.6) is 0 Å². The normalized spacial score (nSPS) is 14.6. The molecule has 0 unspecified atom stereocenters. The second-order valence-corrected chi connectivity index (χ2v) is 12.2. The van der Waals surface area contributed by atoms with Crippen LogP contribution in [-0.4, -0.2) is 139 Å². The van der Waals surface area contributed by atoms with E-state index in [2.05, 4.69) is 72.2 Å². The van der Waals surface area contributed by atoms with Crippen LogP contribution >= 0.6 is 0 Å². The van der Waals surface area contributed by atoms with Crippen molar-refractivity contribution < 1.29 is 42.7 Å². The van der Waals surface area contributed by atoms with Crippen molar-refractivity contribution in [2.24, 2.45) is 0 Å². The Labute approximate surface area is 311 Å². The fourth-order valence-electron chi connectivity index (χ4n) is 5.62. The van der Waals surface area contributed by atoms with Crippen molar-refractivity contribution in [3.8, 4) is 0 Å². The van der Waals surface area contributed by atoms with Crippen LogP contribution < -0.4 is 9.80 Å². The number of ketones is 1. The first-order valence-corrected chi connectivity index (χ1v) is 18.7. The molecule has 1 aliphatic rings. The number of hydrogen-bond donors (Lipinski definition) is 0. The molecular weight excluding hydrogens is 664 g/mol. The minimum atomic E-state index is 0.137. The highest BCUT2D eigenvalue weighted by atomic mass is 16.6. The molecule has 52 heavy (non-hydrogen) atoms. The summed E-state index contributed by atoms with van der Waals surface area (Å²) in [6.45, 7) is 15.2. The molecule has 1 saturated carbocycles. The summed E-state index contributed by atoms with van der Waals surface area (Å²) in [7, 11) is 3.31. The van der Waals surface area contributed by atoms with Gasteiger partial charge in [-0.05, 0) is 74.2 Å². The van der Waals surface area contributed by atoms with Crippen molar-refractivity contribution in [1.29, 1.82) is 0 Å². The van der Waals surface area contributed by atoms with Gasteiger partial charge in [-0.3, -0.25) is 4.79 Å². The van der Waals surface area contributed by atoms with Gasteiger partial charge in [-0.2, -0.15) is 0 Å². The molecule has 0 heterocycles. The molecule has 0 radical (unpaired) electrons. The van der Waals surface area contributed by atoms with Gasteiger partial charge in [-0.25, -0.2) is 0 Å². The maximum atomic E-state index is 13.3. The predicted octanol–water partition coefficient (Wildman–Crippen LogP) is 5.56. The molecule has 2 aromatic rings. The molecule has 0 spiro atoms. The summed E-state index contributed by atoms with van der Waals surface area (Å²) in [5.41, 5.74) is 6.06. The van der Waals surface area contributed by atoms with Gasteiger partial charge < -0.3 is 47.7 Å². The van der Waals surface area contributed by atoms with Crippen LogP contribution in [0, 0.1) is 0 Å². The summed E-state index contributed by atoms with van der Waals surface area (Å²) in [6.07, 6.45) is 5.57. The molecule has 1 aliphatic carbocycles. The molecule has 3 rings (SSSR count). The number of methoxy groups -OCH3 is 2. The molecule has 11 heteroatoms. The Balaban J connectivity index is 1.50. The van der Waals surface area contributed by atoms with Gasteiger partial charge in [0, 0.05) is 62.9 Å². The summed E-state index contributed by atoms with van der Waals surface area (Å²) in [4.78, 5) is 17.9. The van der Waals surface area contributed by atoms with Crippen LogP contribution in [0.15, 0.2) is 59.7 Å². The molecule has 11 nitrogen and oxygen atoms in total. The highest BCUT2D eigenvalue weighted by molar-refractivity contribution is 6.15. The van der Waals surface area contributed by atoms with Gasteiger partial charge >= 0.3 is 0 Å². The van der Waals surface area contributed by atoms with Crippen molar-refractivity contribution in [2.75, 3.05) is 143 Å². The van der Waals surface area contributed by atoms with Crippen LogP contribution in [0.3, 0.4) is 0 Å². The molecular formula is C41H62N2O9. The Morgan fingerprint density at radius 2 is 0.808 bits per heavy atom. The molecule has 2 aromatic carbocycles. The predicted molar refractivity (Wildman–Crippen MR) is 208 cm³/mol. The number of carbonyl (C=O) groups excluding carboxylic acids is 1. The van der Waals surface area contributed by atoms with Crippen LogP contribution in [-0.2, 0) is 42.7 Å². The zero-order valence-electron chi connectivity index (χ0n) is 32.0. The third-order valence-corrected chi connectivity index (χ3v) is 8.57. The van der Waals surface area contributed by atoms with E-state index < -0.39 is 0 Å². The zero-order valence-corrected chi connectivity index (χ0v) is 32.0. The standard InChI is InChI=1S/C41H62N2O9/c1-5-42(6-2)39-13-7-35(8-14-39)33-37-11-12-38(41(37)44)34-36-9-15-40(16-10-36)43(17-19-47-25-27-51-31-29-49-23-21-45-3)18-20-48-26-28-52-32-30-50-24-22-46-4/h7-10,13-16,33-34H,5-6,11-12,17-32H2,1-4H3/b37-33+,38-34+. The molecule has 0 N–H and O–H groups in total. The van der Waals surface area contributed by atoms with E-state index in [1.807, 2.05) is 12.2 Å². The summed E-state index contributed by atoms with van der Waals surface area (Å²) >= 11 is 0. The Hall–Kier alpha value is -3.13. The summed E-state index contributed by atoms with van der Waals surface area (Å²) in [5, 5.41) is 0. The molecule has 0 aromatic heterocycles. The highest BCUT2D eigenvalue weighted by Crippen LogP contribution is 2.30. The largest absolute Gasteiger partial charge is 0.382 e. The van der Waals surface area contributed by atoms with Gasteiger partial charge in [0.15, 0.2) is 5.78 Å². The summed E-state index contributed by atoms with van der Waals surface area (Å²) in [6, 6.07) is 16.8. The van der Waals surface area contributed by atoms with E-state index in [0.29, 0.717) is 106 Å². The number of allylic oxidation sites excluding steroid dienone is 2. The average Bonchev–Trinajstić information content (AvgIpc) is 3.50. The summed E-state index contributed by atoms with van der Waals surface area (Å²) < 4.78 is 43.7. The van der Waals surface area contributed by atoms with Crippen molar-refractivity contribution in [1.82, 2.24) is 0 Å². The Kier molecular flexibility index (Phi) is 22.9. The minimum absolute atomic E-state index is 0.137. The van der Waals surface area contributed by atoms with E-state index in [-0.39, 0.29) is 5.78 Å². The first kappa shape index (κ1) is 43.3. The maximum Gasteiger partial charge on any atom is 0.185 e. The molecule has 0 bridgehead atoms. The average molecular weight is 727 g/mol. The van der Waals surface area contributed by atoms with E-state index in [1.54, 1.807) is 14.2 Å². The van der Waals surface area contributed by atoms with Crippen molar-refractivity contribution in [3.63, 3.8) is 0 Å². The van der Waals surface area contributed by atoms with E-state index >= 15 is 0 Å². The highest BCUT2D eigenvalue weighted by Gasteiger charge is 2.23. The molecule has 0 atom stereocenters. The second-order valence-electron chi connectivity index (χ2n) is 12.2. The fraction of sp³-hybridized carbons (Fsp3) is 0.585. The monoisotopic (exact) mass is 726 g/mol. The topological polar surface area (TPSA) is 97.4 Å². The Bertz CT molecular complexity index is 1250. The number of carbonyl (C=O) groups is 1. The van der Waals surface area contributed by atoms with Gasteiger partial charge in [0.2, 0.25) is 0 Å². The number of rotatable bonds is 30. The lowest BCUT2D eigenvalue weighted by atomic mass is 10.1. The van der Waals surface area contributed by atoms with Crippen LogP contribution in [0.1, 0.15) is 37.8 Å². The van der Waals surface area contributed by atoms with E-state index in [0.717, 1.165) is 53.9 Å². The smallest absolute Gasteiger partial charge is 0.185 e. The van der Waals surface area contributed by atoms with E-state index in [4.69, 9.17) is 37.9 Å². The molecule has 0 amide bonds. The first-order chi connectivity index (χ1) is 25.6. The Morgan fingerprint density at radius 1 is 0.481 bits per heavy atom. The summed E-state index contributed by atoms with van der Waals surface area (Å²) in [5.74, 6) is 0.137. The second kappa shape index (κ2) is 27.5. The first-order valence-electron chi connectivity index (χ1n) is 18.7. The third kappa shape index (κ3) is 17.1. The molecule has 290 valence electrons. The lowest BCUT2D eigenvalue weighted by Gasteiger charge is -2.25. The fourth-order valence-corrected chi connectivity index (χ4v) is 5.62. The zero-order chi connectivity index (χ0) is 37.1. The SMILES string of the molecule is CCN(CC)c1ccc(/C=C2\CC/C(=C\c3ccc(N(CCOCCOCCOCCOC)CCOCCOCCOCCOC)cc3)C2=O)cc1. The number of hydrogen-bond acceptors (Lipinski definition) is 11. The van der Waals surface area contributed by atoms with Gasteiger partial charge in [0.1, 0.15) is 0 Å². The number of Topliss-reactive ketones (excluding diaryl/α,β-unsaturated/α-hetero) is 1. The van der Waals surface area contributed by atoms with Gasteiger partial charge in [0.25, 0.3) is 0 Å². The number of ether oxygens (including phenoxy) is 8. The third-order valence-electron chi connectivity index (χ3n) is 8.57. The van der Waals surface area contributed by atoms with Crippen LogP contribution in [0.25, 0.3) is 12.2 Å². The molecule has 1 fully saturated rings. The Morgan fingerprint density at radius 3 is 1.15 bits per heavy atom. The van der Waals surface area contributed by atoms with Crippen molar-refractivity contribution in [3.05, 3.63) is 70.8 Å².